The summed E-state index contributed by atoms with van der Waals surface area (Å²) in [5, 5.41) is 6.41. The first kappa shape index (κ1) is 32.2. The fourth-order valence-electron chi connectivity index (χ4n) is 5.27. The number of hydrogen-bond acceptors (Lipinski definition) is 6. The maximum atomic E-state index is 12.7. The van der Waals surface area contributed by atoms with Gasteiger partial charge in [-0.3, -0.25) is 4.79 Å². The lowest BCUT2D eigenvalue weighted by molar-refractivity contribution is 0.0923. The van der Waals surface area contributed by atoms with Crippen molar-refractivity contribution in [3.8, 4) is 22.9 Å². The van der Waals surface area contributed by atoms with Crippen LogP contribution in [-0.4, -0.2) is 23.8 Å². The van der Waals surface area contributed by atoms with Gasteiger partial charge in [0.1, 0.15) is 24.7 Å². The molecule has 4 aromatic carbocycles. The smallest absolute Gasteiger partial charge is 0.307 e. The van der Waals surface area contributed by atoms with Gasteiger partial charge in [0, 0.05) is 27.1 Å². The summed E-state index contributed by atoms with van der Waals surface area (Å²) >= 11 is 7.24. The third-order valence-corrected chi connectivity index (χ3v) is 9.77. The van der Waals surface area contributed by atoms with Crippen LogP contribution in [0.25, 0.3) is 16.5 Å². The van der Waals surface area contributed by atoms with Crippen molar-refractivity contribution in [2.75, 3.05) is 7.11 Å². The quantitative estimate of drug-likeness (QED) is 0.105. The molecule has 2 aromatic heterocycles. The minimum absolute atomic E-state index is 0.115. The summed E-state index contributed by atoms with van der Waals surface area (Å²) in [5.41, 5.74) is 7.62. The Morgan fingerprint density at radius 3 is 2.38 bits per heavy atom. The second-order valence-corrected chi connectivity index (χ2v) is 12.3. The van der Waals surface area contributed by atoms with Crippen LogP contribution in [-0.2, 0) is 13.2 Å². The SMILES string of the molecule is COc1cc(/C=N/NC(=O)c2ccc(COc3ccc(-n4c(C)ccc4C)cc3)o2)c(Br)c(Br)c1OCc1cccc2ccccc12. The third kappa shape index (κ3) is 7.13. The fraction of sp³-hybridized carbons (Fsp3) is 0.135. The van der Waals surface area contributed by atoms with Gasteiger partial charge in [0.05, 0.1) is 17.8 Å². The van der Waals surface area contributed by atoms with E-state index in [0.29, 0.717) is 44.1 Å². The third-order valence-electron chi connectivity index (χ3n) is 7.63. The number of aromatic nitrogens is 1. The molecule has 0 unspecified atom stereocenters. The maximum absolute atomic E-state index is 12.7. The van der Waals surface area contributed by atoms with E-state index in [2.05, 4.69) is 91.1 Å². The van der Waals surface area contributed by atoms with E-state index in [1.807, 2.05) is 48.5 Å². The number of aryl methyl sites for hydroxylation is 2. The molecule has 238 valence electrons. The minimum atomic E-state index is -0.494. The molecular weight excluding hydrogens is 726 g/mol. The Hall–Kier alpha value is -4.80. The monoisotopic (exact) mass is 755 g/mol. The number of carbonyl (C=O) groups is 1. The van der Waals surface area contributed by atoms with Gasteiger partial charge >= 0.3 is 5.91 Å². The standard InChI is InChI=1S/C37H31Br2N3O5/c1-23-11-12-24(2)42(23)28-13-15-29(16-14-28)45-22-30-17-18-32(47-30)37(43)41-40-20-27-19-33(44-3)36(35(39)34(27)38)46-21-26-9-6-8-25-7-4-5-10-31(25)26/h4-20H,21-22H2,1-3H3,(H,41,43)/b40-20+. The normalized spacial score (nSPS) is 11.3. The van der Waals surface area contributed by atoms with E-state index >= 15 is 0 Å². The van der Waals surface area contributed by atoms with Gasteiger partial charge in [-0.2, -0.15) is 5.10 Å². The molecule has 0 spiro atoms. The van der Waals surface area contributed by atoms with Crippen molar-refractivity contribution in [2.24, 2.45) is 5.10 Å². The molecule has 0 aliphatic carbocycles. The molecular formula is C37H31Br2N3O5. The molecule has 1 N–H and O–H groups in total. The largest absolute Gasteiger partial charge is 0.493 e. The number of benzene rings is 4. The fourth-order valence-corrected chi connectivity index (χ4v) is 6.20. The number of halogens is 2. The zero-order valence-corrected chi connectivity index (χ0v) is 29.1. The van der Waals surface area contributed by atoms with Crippen LogP contribution in [0.15, 0.2) is 116 Å². The van der Waals surface area contributed by atoms with E-state index in [1.165, 1.54) is 6.21 Å². The molecule has 8 nitrogen and oxygen atoms in total. The van der Waals surface area contributed by atoms with Crippen molar-refractivity contribution in [2.45, 2.75) is 27.1 Å². The number of carbonyl (C=O) groups excluding carboxylic acids is 1. The predicted octanol–water partition coefficient (Wildman–Crippen LogP) is 9.30. The molecule has 2 heterocycles. The zero-order chi connectivity index (χ0) is 32.9. The van der Waals surface area contributed by atoms with E-state index in [9.17, 15) is 4.79 Å². The minimum Gasteiger partial charge on any atom is -0.493 e. The second-order valence-electron chi connectivity index (χ2n) is 10.8. The van der Waals surface area contributed by atoms with Crippen molar-refractivity contribution < 1.29 is 23.4 Å². The first-order valence-corrected chi connectivity index (χ1v) is 16.4. The summed E-state index contributed by atoms with van der Waals surface area (Å²) in [4.78, 5) is 12.7. The van der Waals surface area contributed by atoms with E-state index < -0.39 is 5.91 Å². The topological polar surface area (TPSA) is 87.2 Å². The zero-order valence-electron chi connectivity index (χ0n) is 25.9. The Labute approximate surface area is 289 Å². The lowest BCUT2D eigenvalue weighted by atomic mass is 10.1. The summed E-state index contributed by atoms with van der Waals surface area (Å²) in [5.74, 6) is 1.88. The molecule has 0 bridgehead atoms. The van der Waals surface area contributed by atoms with Crippen LogP contribution in [0.4, 0.5) is 0 Å². The van der Waals surface area contributed by atoms with Crippen LogP contribution in [0.5, 0.6) is 17.2 Å². The first-order valence-electron chi connectivity index (χ1n) is 14.8. The summed E-state index contributed by atoms with van der Waals surface area (Å²) < 4.78 is 27.0. The molecule has 10 heteroatoms. The Balaban J connectivity index is 1.06. The summed E-state index contributed by atoms with van der Waals surface area (Å²) in [7, 11) is 1.57. The Bertz CT molecular complexity index is 2060. The van der Waals surface area contributed by atoms with Gasteiger partial charge in [0.15, 0.2) is 17.3 Å². The summed E-state index contributed by atoms with van der Waals surface area (Å²) in [6.07, 6.45) is 1.51. The van der Waals surface area contributed by atoms with Gasteiger partial charge in [-0.05, 0) is 117 Å². The first-order chi connectivity index (χ1) is 22.8. The molecule has 0 aliphatic rings. The lowest BCUT2D eigenvalue weighted by Gasteiger charge is -2.16. The van der Waals surface area contributed by atoms with Gasteiger partial charge < -0.3 is 23.2 Å². The van der Waals surface area contributed by atoms with E-state index in [-0.39, 0.29) is 12.4 Å². The number of hydrazone groups is 1. The van der Waals surface area contributed by atoms with Crippen LogP contribution < -0.4 is 19.6 Å². The molecule has 47 heavy (non-hydrogen) atoms. The van der Waals surface area contributed by atoms with E-state index in [4.69, 9.17) is 18.6 Å². The highest BCUT2D eigenvalue weighted by atomic mass is 79.9. The van der Waals surface area contributed by atoms with Crippen molar-refractivity contribution in [1.29, 1.82) is 0 Å². The number of methoxy groups -OCH3 is 1. The molecule has 6 rings (SSSR count). The molecule has 0 saturated carbocycles. The molecule has 0 saturated heterocycles. The number of ether oxygens (including phenoxy) is 3. The van der Waals surface area contributed by atoms with Crippen LogP contribution in [0.1, 0.15) is 38.8 Å². The Morgan fingerprint density at radius 1 is 0.872 bits per heavy atom. The van der Waals surface area contributed by atoms with Crippen LogP contribution in [0.2, 0.25) is 0 Å². The second kappa shape index (κ2) is 14.3. The van der Waals surface area contributed by atoms with Gasteiger partial charge in [0.2, 0.25) is 0 Å². The molecule has 0 atom stereocenters. The molecule has 0 radical (unpaired) electrons. The summed E-state index contributed by atoms with van der Waals surface area (Å²) in [6, 6.07) is 31.4. The number of hydrogen-bond donors (Lipinski definition) is 1. The average molecular weight is 757 g/mol. The van der Waals surface area contributed by atoms with Gasteiger partial charge in [0.25, 0.3) is 0 Å². The highest BCUT2D eigenvalue weighted by Crippen LogP contribution is 2.43. The number of furan rings is 1. The number of nitrogens with zero attached hydrogens (tertiary/aromatic N) is 2. The number of amides is 1. The van der Waals surface area contributed by atoms with E-state index in [0.717, 1.165) is 33.4 Å². The van der Waals surface area contributed by atoms with Gasteiger partial charge in [-0.25, -0.2) is 5.43 Å². The molecule has 0 fully saturated rings. The Morgan fingerprint density at radius 2 is 1.62 bits per heavy atom. The maximum Gasteiger partial charge on any atom is 0.307 e. The van der Waals surface area contributed by atoms with Crippen LogP contribution >= 0.6 is 31.9 Å². The van der Waals surface area contributed by atoms with E-state index in [1.54, 1.807) is 25.3 Å². The lowest BCUT2D eigenvalue weighted by Crippen LogP contribution is -2.16. The van der Waals surface area contributed by atoms with Crippen molar-refractivity contribution in [3.63, 3.8) is 0 Å². The number of rotatable bonds is 11. The van der Waals surface area contributed by atoms with Crippen molar-refractivity contribution >= 4 is 54.8 Å². The average Bonchev–Trinajstić information content (AvgIpc) is 3.71. The van der Waals surface area contributed by atoms with Crippen LogP contribution in [0, 0.1) is 13.8 Å². The van der Waals surface area contributed by atoms with Gasteiger partial charge in [-0.15, -0.1) is 0 Å². The highest BCUT2D eigenvalue weighted by molar-refractivity contribution is 9.13. The highest BCUT2D eigenvalue weighted by Gasteiger charge is 2.18. The predicted molar refractivity (Wildman–Crippen MR) is 190 cm³/mol. The Kier molecular flexibility index (Phi) is 9.79. The van der Waals surface area contributed by atoms with Crippen LogP contribution in [0.3, 0.4) is 0 Å². The summed E-state index contributed by atoms with van der Waals surface area (Å²) in [6.45, 7) is 4.67. The number of nitrogens with one attached hydrogen (secondary N) is 1. The molecule has 6 aromatic rings. The van der Waals surface area contributed by atoms with Crippen molar-refractivity contribution in [3.05, 3.63) is 140 Å². The molecule has 0 aliphatic heterocycles. The molecule has 1 amide bonds. The van der Waals surface area contributed by atoms with Gasteiger partial charge in [-0.1, -0.05) is 42.5 Å². The number of fused-ring (bicyclic) bond motifs is 1. The van der Waals surface area contributed by atoms with Crippen molar-refractivity contribution in [1.82, 2.24) is 9.99 Å².